The lowest BCUT2D eigenvalue weighted by atomic mass is 10.00. The Morgan fingerprint density at radius 3 is 2.27 bits per heavy atom. The second-order valence-corrected chi connectivity index (χ2v) is 11.4. The normalized spacial score (nSPS) is 14.1. The van der Waals surface area contributed by atoms with Gasteiger partial charge in [-0.15, -0.1) is 0 Å². The molecule has 5 aromatic rings. The number of fused-ring (bicyclic) bond motifs is 1. The van der Waals surface area contributed by atoms with Crippen molar-refractivity contribution in [1.29, 1.82) is 0 Å². The van der Waals surface area contributed by atoms with Gasteiger partial charge in [0.2, 0.25) is 0 Å². The SMILES string of the molecule is O=C(NCCN1CCC(OC(c2ccccc2)c2ccccc2)CC1)c1ccc2c(OCCc3ccccn3)ccc(O)c2c1. The van der Waals surface area contributed by atoms with Crippen molar-refractivity contribution in [2.45, 2.75) is 31.5 Å². The van der Waals surface area contributed by atoms with E-state index < -0.39 is 0 Å². The van der Waals surface area contributed by atoms with Crippen LogP contribution in [-0.4, -0.2) is 59.8 Å². The second kappa shape index (κ2) is 14.8. The molecule has 7 heteroatoms. The van der Waals surface area contributed by atoms with Crippen LogP contribution in [0, 0.1) is 0 Å². The lowest BCUT2D eigenvalue weighted by Gasteiger charge is -2.34. The highest BCUT2D eigenvalue weighted by Gasteiger charge is 2.24. The summed E-state index contributed by atoms with van der Waals surface area (Å²) in [6.45, 7) is 3.62. The van der Waals surface area contributed by atoms with E-state index in [4.69, 9.17) is 9.47 Å². The molecule has 1 amide bonds. The number of likely N-dealkylation sites (tertiary alicyclic amines) is 1. The quantitative estimate of drug-likeness (QED) is 0.169. The fraction of sp³-hybridized carbons (Fsp3) is 0.263. The Morgan fingerprint density at radius 1 is 0.867 bits per heavy atom. The van der Waals surface area contributed by atoms with Crippen LogP contribution in [0.15, 0.2) is 115 Å². The van der Waals surface area contributed by atoms with Crippen LogP contribution < -0.4 is 10.1 Å². The molecule has 1 aliphatic rings. The van der Waals surface area contributed by atoms with E-state index in [1.54, 1.807) is 30.5 Å². The molecule has 230 valence electrons. The number of ether oxygens (including phenoxy) is 2. The number of carbonyl (C=O) groups excluding carboxylic acids is 1. The van der Waals surface area contributed by atoms with Gasteiger partial charge in [-0.2, -0.15) is 0 Å². The largest absolute Gasteiger partial charge is 0.507 e. The number of phenolic OH excluding ortho intramolecular Hbond substituents is 1. The molecule has 4 aromatic carbocycles. The van der Waals surface area contributed by atoms with Crippen molar-refractivity contribution in [2.24, 2.45) is 0 Å². The zero-order chi connectivity index (χ0) is 30.8. The topological polar surface area (TPSA) is 83.9 Å². The molecule has 0 bridgehead atoms. The molecule has 2 heterocycles. The maximum Gasteiger partial charge on any atom is 0.251 e. The average molecular weight is 602 g/mol. The predicted molar refractivity (Wildman–Crippen MR) is 177 cm³/mol. The van der Waals surface area contributed by atoms with Crippen molar-refractivity contribution in [2.75, 3.05) is 32.8 Å². The van der Waals surface area contributed by atoms with Crippen LogP contribution in [0.1, 0.15) is 46.1 Å². The third kappa shape index (κ3) is 7.87. The molecule has 0 radical (unpaired) electrons. The van der Waals surface area contributed by atoms with E-state index in [9.17, 15) is 9.90 Å². The van der Waals surface area contributed by atoms with Gasteiger partial charge in [0.15, 0.2) is 0 Å². The molecular weight excluding hydrogens is 562 g/mol. The van der Waals surface area contributed by atoms with Crippen LogP contribution in [0.3, 0.4) is 0 Å². The number of rotatable bonds is 12. The van der Waals surface area contributed by atoms with Crippen molar-refractivity contribution in [3.63, 3.8) is 0 Å². The maximum atomic E-state index is 13.0. The summed E-state index contributed by atoms with van der Waals surface area (Å²) in [4.78, 5) is 19.7. The van der Waals surface area contributed by atoms with Gasteiger partial charge in [0, 0.05) is 60.8 Å². The lowest BCUT2D eigenvalue weighted by molar-refractivity contribution is -0.0267. The Hall–Kier alpha value is -4.72. The van der Waals surface area contributed by atoms with Crippen molar-refractivity contribution in [3.8, 4) is 11.5 Å². The molecule has 1 aromatic heterocycles. The zero-order valence-electron chi connectivity index (χ0n) is 25.3. The smallest absolute Gasteiger partial charge is 0.251 e. The molecular formula is C38H39N3O4. The minimum atomic E-state index is -0.162. The molecule has 0 spiro atoms. The number of carbonyl (C=O) groups is 1. The van der Waals surface area contributed by atoms with Gasteiger partial charge in [0.05, 0.1) is 12.7 Å². The van der Waals surface area contributed by atoms with E-state index in [0.29, 0.717) is 36.3 Å². The number of nitrogens with one attached hydrogen (secondary N) is 1. The third-order valence-electron chi connectivity index (χ3n) is 8.34. The summed E-state index contributed by atoms with van der Waals surface area (Å²) < 4.78 is 12.7. The third-order valence-corrected chi connectivity index (χ3v) is 8.34. The molecule has 1 aliphatic heterocycles. The number of aromatic nitrogens is 1. The van der Waals surface area contributed by atoms with Gasteiger partial charge in [0.25, 0.3) is 5.91 Å². The Balaban J connectivity index is 0.987. The number of piperidine rings is 1. The molecule has 0 saturated carbocycles. The summed E-state index contributed by atoms with van der Waals surface area (Å²) in [5, 5.41) is 14.9. The zero-order valence-corrected chi connectivity index (χ0v) is 25.3. The van der Waals surface area contributed by atoms with Crippen LogP contribution >= 0.6 is 0 Å². The number of pyridine rings is 1. The number of aromatic hydroxyl groups is 1. The summed E-state index contributed by atoms with van der Waals surface area (Å²) in [7, 11) is 0. The minimum absolute atomic E-state index is 0.0844. The maximum absolute atomic E-state index is 13.0. The fourth-order valence-corrected chi connectivity index (χ4v) is 5.88. The lowest BCUT2D eigenvalue weighted by Crippen LogP contribution is -2.41. The number of hydrogen-bond acceptors (Lipinski definition) is 6. The second-order valence-electron chi connectivity index (χ2n) is 11.4. The first-order chi connectivity index (χ1) is 22.1. The molecule has 0 atom stereocenters. The molecule has 45 heavy (non-hydrogen) atoms. The number of benzene rings is 4. The van der Waals surface area contributed by atoms with Crippen molar-refractivity contribution in [1.82, 2.24) is 15.2 Å². The molecule has 7 nitrogen and oxygen atoms in total. The number of phenols is 1. The summed E-state index contributed by atoms with van der Waals surface area (Å²) in [6.07, 6.45) is 4.43. The van der Waals surface area contributed by atoms with Gasteiger partial charge in [-0.1, -0.05) is 66.7 Å². The van der Waals surface area contributed by atoms with Crippen LogP contribution in [0.5, 0.6) is 11.5 Å². The van der Waals surface area contributed by atoms with E-state index in [-0.39, 0.29) is 23.9 Å². The van der Waals surface area contributed by atoms with Gasteiger partial charge in [-0.05, 0) is 66.4 Å². The van der Waals surface area contributed by atoms with Crippen LogP contribution in [0.25, 0.3) is 10.8 Å². The summed E-state index contributed by atoms with van der Waals surface area (Å²) in [6, 6.07) is 35.3. The summed E-state index contributed by atoms with van der Waals surface area (Å²) in [5.74, 6) is 0.616. The molecule has 1 saturated heterocycles. The van der Waals surface area contributed by atoms with Crippen molar-refractivity contribution in [3.05, 3.63) is 138 Å². The molecule has 1 fully saturated rings. The Bertz CT molecular complexity index is 1630. The minimum Gasteiger partial charge on any atom is -0.507 e. The molecule has 0 aliphatic carbocycles. The van der Waals surface area contributed by atoms with Crippen LogP contribution in [-0.2, 0) is 11.2 Å². The Morgan fingerprint density at radius 2 is 1.58 bits per heavy atom. The van der Waals surface area contributed by atoms with Gasteiger partial charge in [-0.3, -0.25) is 9.78 Å². The van der Waals surface area contributed by atoms with Gasteiger partial charge in [0.1, 0.15) is 17.6 Å². The van der Waals surface area contributed by atoms with Crippen LogP contribution in [0.4, 0.5) is 0 Å². The molecule has 6 rings (SSSR count). The fourth-order valence-electron chi connectivity index (χ4n) is 5.88. The van der Waals surface area contributed by atoms with E-state index in [1.165, 1.54) is 11.1 Å². The van der Waals surface area contributed by atoms with E-state index in [0.717, 1.165) is 43.6 Å². The van der Waals surface area contributed by atoms with E-state index in [1.807, 2.05) is 36.4 Å². The summed E-state index contributed by atoms with van der Waals surface area (Å²) >= 11 is 0. The predicted octanol–water partition coefficient (Wildman–Crippen LogP) is 6.56. The molecule has 2 N–H and O–H groups in total. The first kappa shape index (κ1) is 30.3. The van der Waals surface area contributed by atoms with Crippen molar-refractivity contribution >= 4 is 16.7 Å². The van der Waals surface area contributed by atoms with Gasteiger partial charge in [-0.25, -0.2) is 0 Å². The molecule has 0 unspecified atom stereocenters. The number of amides is 1. The van der Waals surface area contributed by atoms with Gasteiger partial charge < -0.3 is 24.8 Å². The first-order valence-electron chi connectivity index (χ1n) is 15.7. The highest BCUT2D eigenvalue weighted by Crippen LogP contribution is 2.33. The van der Waals surface area contributed by atoms with Gasteiger partial charge >= 0.3 is 0 Å². The Kier molecular flexibility index (Phi) is 10.00. The highest BCUT2D eigenvalue weighted by molar-refractivity contribution is 6.01. The van der Waals surface area contributed by atoms with Crippen molar-refractivity contribution < 1.29 is 19.4 Å². The average Bonchev–Trinajstić information content (AvgIpc) is 3.10. The highest BCUT2D eigenvalue weighted by atomic mass is 16.5. The summed E-state index contributed by atoms with van der Waals surface area (Å²) in [5.41, 5.74) is 3.79. The monoisotopic (exact) mass is 601 g/mol. The Labute approximate surface area is 264 Å². The standard InChI is InChI=1S/C38H39N3O4/c42-35-16-17-36(44-26-20-31-13-7-8-21-39-31)33-15-14-30(27-34(33)35)38(43)40-22-25-41-23-18-32(19-24-41)45-37(28-9-3-1-4-10-28)29-11-5-2-6-12-29/h1-17,21,27,32,37,42H,18-20,22-26H2,(H,40,43). The van der Waals surface area contributed by atoms with E-state index >= 15 is 0 Å². The number of hydrogen-bond donors (Lipinski definition) is 2. The first-order valence-corrected chi connectivity index (χ1v) is 15.7. The number of nitrogens with zero attached hydrogens (tertiary/aromatic N) is 2. The van der Waals surface area contributed by atoms with Crippen LogP contribution in [0.2, 0.25) is 0 Å². The van der Waals surface area contributed by atoms with E-state index in [2.05, 4.69) is 63.7 Å².